The summed E-state index contributed by atoms with van der Waals surface area (Å²) in [6, 6.07) is 9.39. The van der Waals surface area contributed by atoms with E-state index in [0.717, 1.165) is 21.0 Å². The topological polar surface area (TPSA) is 168 Å². The van der Waals surface area contributed by atoms with E-state index in [4.69, 9.17) is 0 Å². The van der Waals surface area contributed by atoms with E-state index < -0.39 is 15.6 Å². The van der Waals surface area contributed by atoms with Crippen LogP contribution in [0.3, 0.4) is 0 Å². The van der Waals surface area contributed by atoms with Crippen LogP contribution in [0.4, 0.5) is 17.3 Å². The van der Waals surface area contributed by atoms with Crippen LogP contribution in [0.15, 0.2) is 61.3 Å². The summed E-state index contributed by atoms with van der Waals surface area (Å²) < 4.78 is 26.0. The summed E-state index contributed by atoms with van der Waals surface area (Å²) in [5.74, 6) is 1.36. The number of aromatic nitrogens is 6. The third-order valence-corrected chi connectivity index (χ3v) is 9.39. The Balaban J connectivity index is 1.24. The molecular weight excluding hydrogens is 532 g/mol. The number of rotatable bonds is 9. The van der Waals surface area contributed by atoms with Crippen LogP contribution in [-0.4, -0.2) is 71.3 Å². The molecule has 208 valence electrons. The standard InChI is InChI=1S/C27H30N8O4S/c36-17-27(37)9-6-19(7-10-27)32-23-13-25(30-15-21(23)22-3-1-2-11-28-22)33-24-8-12-29-26(34-24)18-14-31-35(16-18)40(38,39)20-4-5-20/h1-3,8,11-16,19-20,36-37H,4-7,9-10,17H2,(H2,29,30,32,33,34). The van der Waals surface area contributed by atoms with E-state index in [1.165, 1.54) is 12.4 Å². The van der Waals surface area contributed by atoms with E-state index in [0.29, 0.717) is 61.5 Å². The van der Waals surface area contributed by atoms with Crippen molar-refractivity contribution < 1.29 is 18.6 Å². The highest BCUT2D eigenvalue weighted by molar-refractivity contribution is 7.90. The van der Waals surface area contributed by atoms with Gasteiger partial charge in [-0.2, -0.15) is 9.19 Å². The van der Waals surface area contributed by atoms with Crippen molar-refractivity contribution in [1.29, 1.82) is 0 Å². The van der Waals surface area contributed by atoms with Gasteiger partial charge < -0.3 is 20.8 Å². The van der Waals surface area contributed by atoms with Gasteiger partial charge >= 0.3 is 0 Å². The predicted octanol–water partition coefficient (Wildman–Crippen LogP) is 2.96. The predicted molar refractivity (Wildman–Crippen MR) is 149 cm³/mol. The highest BCUT2D eigenvalue weighted by atomic mass is 32.2. The number of hydrogen-bond donors (Lipinski definition) is 4. The lowest BCUT2D eigenvalue weighted by Crippen LogP contribution is -2.41. The average Bonchev–Trinajstić information content (AvgIpc) is 3.72. The Labute approximate surface area is 231 Å². The van der Waals surface area contributed by atoms with E-state index in [9.17, 15) is 18.6 Å². The van der Waals surface area contributed by atoms with Crippen LogP contribution in [0.1, 0.15) is 38.5 Å². The molecule has 4 N–H and O–H groups in total. The second-order valence-electron chi connectivity index (χ2n) is 10.4. The maximum absolute atomic E-state index is 12.5. The van der Waals surface area contributed by atoms with Gasteiger partial charge in [0.15, 0.2) is 5.82 Å². The van der Waals surface area contributed by atoms with Gasteiger partial charge in [-0.1, -0.05) is 6.07 Å². The van der Waals surface area contributed by atoms with Crippen molar-refractivity contribution in [1.82, 2.24) is 29.1 Å². The van der Waals surface area contributed by atoms with Crippen molar-refractivity contribution >= 4 is 27.3 Å². The molecule has 4 aromatic heterocycles. The minimum atomic E-state index is -3.48. The van der Waals surface area contributed by atoms with Crippen molar-refractivity contribution in [2.24, 2.45) is 0 Å². The molecular formula is C27H30N8O4S. The van der Waals surface area contributed by atoms with Crippen LogP contribution in [0, 0.1) is 0 Å². The van der Waals surface area contributed by atoms with Crippen LogP contribution < -0.4 is 10.6 Å². The first-order valence-electron chi connectivity index (χ1n) is 13.2. The average molecular weight is 563 g/mol. The van der Waals surface area contributed by atoms with Crippen molar-refractivity contribution in [3.8, 4) is 22.6 Å². The summed E-state index contributed by atoms with van der Waals surface area (Å²) in [5.41, 5.74) is 1.91. The first-order valence-corrected chi connectivity index (χ1v) is 14.7. The molecule has 0 aromatic carbocycles. The Morgan fingerprint density at radius 2 is 1.82 bits per heavy atom. The van der Waals surface area contributed by atoms with Gasteiger partial charge in [0.05, 0.1) is 41.1 Å². The zero-order valence-corrected chi connectivity index (χ0v) is 22.5. The molecule has 0 atom stereocenters. The Morgan fingerprint density at radius 3 is 2.55 bits per heavy atom. The molecule has 2 aliphatic rings. The fourth-order valence-corrected chi connectivity index (χ4v) is 6.30. The summed E-state index contributed by atoms with van der Waals surface area (Å²) in [4.78, 5) is 17.9. The molecule has 40 heavy (non-hydrogen) atoms. The molecule has 0 amide bonds. The molecule has 4 aromatic rings. The maximum atomic E-state index is 12.5. The van der Waals surface area contributed by atoms with Crippen LogP contribution in [-0.2, 0) is 10.0 Å². The molecule has 2 aliphatic carbocycles. The van der Waals surface area contributed by atoms with Gasteiger partial charge in [0.25, 0.3) is 10.0 Å². The molecule has 0 unspecified atom stereocenters. The Kier molecular flexibility index (Phi) is 6.94. The lowest BCUT2D eigenvalue weighted by Gasteiger charge is -2.35. The number of nitrogens with one attached hydrogen (secondary N) is 2. The van der Waals surface area contributed by atoms with E-state index in [-0.39, 0.29) is 17.9 Å². The third-order valence-electron chi connectivity index (χ3n) is 7.35. The number of aliphatic hydroxyl groups excluding tert-OH is 1. The van der Waals surface area contributed by atoms with E-state index in [1.54, 1.807) is 24.7 Å². The lowest BCUT2D eigenvalue weighted by molar-refractivity contribution is -0.0438. The molecule has 12 nitrogen and oxygen atoms in total. The second-order valence-corrected chi connectivity index (χ2v) is 12.4. The van der Waals surface area contributed by atoms with Gasteiger partial charge in [0.2, 0.25) is 0 Å². The molecule has 13 heteroatoms. The van der Waals surface area contributed by atoms with Crippen LogP contribution >= 0.6 is 0 Å². The molecule has 6 rings (SSSR count). The van der Waals surface area contributed by atoms with Gasteiger partial charge in [-0.25, -0.2) is 23.4 Å². The van der Waals surface area contributed by atoms with Crippen LogP contribution in [0.2, 0.25) is 0 Å². The number of anilines is 3. The van der Waals surface area contributed by atoms with Crippen LogP contribution in [0.25, 0.3) is 22.6 Å². The third kappa shape index (κ3) is 5.53. The molecule has 2 saturated carbocycles. The number of hydrogen-bond acceptors (Lipinski definition) is 11. The minimum Gasteiger partial charge on any atom is -0.393 e. The molecule has 0 saturated heterocycles. The van der Waals surface area contributed by atoms with Crippen molar-refractivity contribution in [2.45, 2.75) is 55.4 Å². The zero-order chi connectivity index (χ0) is 27.7. The van der Waals surface area contributed by atoms with Gasteiger partial charge in [-0.3, -0.25) is 4.98 Å². The van der Waals surface area contributed by atoms with Gasteiger partial charge in [-0.05, 0) is 56.7 Å². The Morgan fingerprint density at radius 1 is 1.00 bits per heavy atom. The first-order chi connectivity index (χ1) is 19.3. The smallest absolute Gasteiger partial charge is 0.256 e. The summed E-state index contributed by atoms with van der Waals surface area (Å²) in [7, 11) is -3.48. The highest BCUT2D eigenvalue weighted by Crippen LogP contribution is 2.34. The summed E-state index contributed by atoms with van der Waals surface area (Å²) in [5, 5.41) is 30.4. The molecule has 0 bridgehead atoms. The normalized spacial score (nSPS) is 21.2. The number of pyridine rings is 2. The lowest BCUT2D eigenvalue weighted by atomic mass is 9.82. The first kappa shape index (κ1) is 26.3. The fraction of sp³-hybridized carbons (Fsp3) is 0.370. The second kappa shape index (κ2) is 10.6. The van der Waals surface area contributed by atoms with Gasteiger partial charge in [0, 0.05) is 41.9 Å². The van der Waals surface area contributed by atoms with Crippen molar-refractivity contribution in [3.05, 3.63) is 61.3 Å². The fourth-order valence-electron chi connectivity index (χ4n) is 4.82. The molecule has 2 fully saturated rings. The van der Waals surface area contributed by atoms with Crippen molar-refractivity contribution in [3.63, 3.8) is 0 Å². The molecule has 4 heterocycles. The zero-order valence-electron chi connectivity index (χ0n) is 21.7. The Bertz CT molecular complexity index is 1600. The molecule has 0 radical (unpaired) electrons. The van der Waals surface area contributed by atoms with Crippen molar-refractivity contribution in [2.75, 3.05) is 17.2 Å². The number of aliphatic hydroxyl groups is 2. The SMILES string of the molecule is O=S(=O)(C1CC1)n1cc(-c2nccc(Nc3cc(NC4CCC(O)(CO)CC4)c(-c4ccccn4)cn3)n2)cn1. The van der Waals surface area contributed by atoms with E-state index >= 15 is 0 Å². The Hall–Kier alpha value is -3.94. The number of nitrogens with zero attached hydrogens (tertiary/aromatic N) is 6. The summed E-state index contributed by atoms with van der Waals surface area (Å²) in [6.45, 7) is -0.236. The largest absolute Gasteiger partial charge is 0.393 e. The van der Waals surface area contributed by atoms with Gasteiger partial charge in [0.1, 0.15) is 11.6 Å². The minimum absolute atomic E-state index is 0.110. The maximum Gasteiger partial charge on any atom is 0.256 e. The molecule has 0 spiro atoms. The van der Waals surface area contributed by atoms with Gasteiger partial charge in [-0.15, -0.1) is 0 Å². The van der Waals surface area contributed by atoms with Crippen LogP contribution in [0.5, 0.6) is 0 Å². The summed E-state index contributed by atoms with van der Waals surface area (Å²) in [6.07, 6.45) is 11.7. The summed E-state index contributed by atoms with van der Waals surface area (Å²) >= 11 is 0. The highest BCUT2D eigenvalue weighted by Gasteiger charge is 2.38. The molecule has 0 aliphatic heterocycles. The quantitative estimate of drug-likeness (QED) is 0.237. The van der Waals surface area contributed by atoms with E-state index in [2.05, 4.69) is 35.7 Å². The monoisotopic (exact) mass is 562 g/mol. The van der Waals surface area contributed by atoms with E-state index in [1.807, 2.05) is 24.3 Å².